The zero-order valence-electron chi connectivity index (χ0n) is 9.98. The molecule has 1 N–H and O–H groups in total. The summed E-state index contributed by atoms with van der Waals surface area (Å²) in [5.74, 6) is 0. The van der Waals surface area contributed by atoms with Crippen LogP contribution < -0.4 is 4.72 Å². The Balaban J connectivity index is 2.19. The van der Waals surface area contributed by atoms with Gasteiger partial charge in [0.05, 0.1) is 5.02 Å². The number of nitrogens with zero attached hydrogens (tertiary/aromatic N) is 1. The number of aromatic nitrogens is 1. The second-order valence-electron chi connectivity index (χ2n) is 3.86. The van der Waals surface area contributed by atoms with Gasteiger partial charge in [0.15, 0.2) is 0 Å². The van der Waals surface area contributed by atoms with Crippen LogP contribution in [0.25, 0.3) is 0 Å². The zero-order chi connectivity index (χ0) is 14.8. The highest BCUT2D eigenvalue weighted by atomic mass is 79.9. The number of nitrogens with one attached hydrogen (secondary N) is 1. The lowest BCUT2D eigenvalue weighted by Gasteiger charge is -2.08. The van der Waals surface area contributed by atoms with Crippen LogP contribution in [0.5, 0.6) is 0 Å². The summed E-state index contributed by atoms with van der Waals surface area (Å²) in [5, 5.41) is 0.159. The monoisotopic (exact) mass is 394 g/mol. The normalized spacial score (nSPS) is 11.6. The summed E-state index contributed by atoms with van der Waals surface area (Å²) in [6.45, 7) is 0.157. The Labute approximate surface area is 135 Å². The first-order valence-electron chi connectivity index (χ1n) is 5.44. The van der Waals surface area contributed by atoms with Crippen molar-refractivity contribution in [2.45, 2.75) is 11.4 Å². The second kappa shape index (κ2) is 6.41. The number of halogens is 3. The van der Waals surface area contributed by atoms with Crippen molar-refractivity contribution < 1.29 is 8.42 Å². The van der Waals surface area contributed by atoms with E-state index in [1.165, 1.54) is 6.07 Å². The van der Waals surface area contributed by atoms with Gasteiger partial charge in [-0.15, -0.1) is 0 Å². The molecule has 0 bridgehead atoms. The quantitative estimate of drug-likeness (QED) is 0.804. The van der Waals surface area contributed by atoms with E-state index in [2.05, 4.69) is 25.6 Å². The molecule has 4 nitrogen and oxygen atoms in total. The number of benzene rings is 1. The van der Waals surface area contributed by atoms with Crippen LogP contribution in [0.15, 0.2) is 45.9 Å². The lowest BCUT2D eigenvalue weighted by molar-refractivity contribution is 0.581. The molecule has 8 heteroatoms. The highest BCUT2D eigenvalue weighted by Gasteiger charge is 2.16. The van der Waals surface area contributed by atoms with E-state index < -0.39 is 10.0 Å². The van der Waals surface area contributed by atoms with Gasteiger partial charge in [0.1, 0.15) is 10.0 Å². The van der Waals surface area contributed by atoms with E-state index in [0.717, 1.165) is 16.2 Å². The van der Waals surface area contributed by atoms with Crippen molar-refractivity contribution in [1.29, 1.82) is 0 Å². The van der Waals surface area contributed by atoms with E-state index in [4.69, 9.17) is 23.2 Å². The zero-order valence-corrected chi connectivity index (χ0v) is 13.9. The average molecular weight is 396 g/mol. The van der Waals surface area contributed by atoms with Crippen LogP contribution in [0.1, 0.15) is 5.56 Å². The number of rotatable bonds is 4. The minimum absolute atomic E-state index is 0.0287. The third-order valence-corrected chi connectivity index (χ3v) is 5.32. The minimum atomic E-state index is -3.69. The number of pyridine rings is 1. The number of sulfonamides is 1. The fourth-order valence-corrected chi connectivity index (χ4v) is 3.18. The lowest BCUT2D eigenvalue weighted by Crippen LogP contribution is -2.23. The molecule has 1 heterocycles. The predicted molar refractivity (Wildman–Crippen MR) is 82.4 cm³/mol. The Morgan fingerprint density at radius 2 is 1.95 bits per heavy atom. The van der Waals surface area contributed by atoms with Gasteiger partial charge in [-0.05, 0) is 17.7 Å². The second-order valence-corrected chi connectivity index (χ2v) is 7.25. The van der Waals surface area contributed by atoms with Crippen LogP contribution in [0.4, 0.5) is 0 Å². The van der Waals surface area contributed by atoms with Crippen molar-refractivity contribution in [3.8, 4) is 0 Å². The van der Waals surface area contributed by atoms with Crippen molar-refractivity contribution in [1.82, 2.24) is 9.71 Å². The van der Waals surface area contributed by atoms with E-state index in [9.17, 15) is 8.42 Å². The molecular weight excluding hydrogens is 387 g/mol. The summed E-state index contributed by atoms with van der Waals surface area (Å²) >= 11 is 14.8. The Morgan fingerprint density at radius 1 is 1.25 bits per heavy atom. The van der Waals surface area contributed by atoms with Crippen molar-refractivity contribution in [3.05, 3.63) is 56.7 Å². The molecule has 1 aromatic carbocycles. The molecule has 106 valence electrons. The molecule has 0 amide bonds. The van der Waals surface area contributed by atoms with Crippen LogP contribution in [0.3, 0.4) is 0 Å². The molecule has 0 atom stereocenters. The molecule has 0 radical (unpaired) electrons. The molecular formula is C12H9BrCl2N2O2S. The summed E-state index contributed by atoms with van der Waals surface area (Å²) in [5.41, 5.74) is 0.823. The topological polar surface area (TPSA) is 59.1 Å². The van der Waals surface area contributed by atoms with Crippen molar-refractivity contribution >= 4 is 49.2 Å². The van der Waals surface area contributed by atoms with E-state index >= 15 is 0 Å². The molecule has 2 aromatic rings. The highest BCUT2D eigenvalue weighted by molar-refractivity contribution is 9.10. The van der Waals surface area contributed by atoms with Crippen LogP contribution in [-0.4, -0.2) is 13.4 Å². The van der Waals surface area contributed by atoms with E-state index in [1.54, 1.807) is 0 Å². The third kappa shape index (κ3) is 3.71. The molecule has 0 unspecified atom stereocenters. The van der Waals surface area contributed by atoms with Gasteiger partial charge in [0, 0.05) is 17.2 Å². The number of hydrogen-bond donors (Lipinski definition) is 1. The maximum atomic E-state index is 12.1. The van der Waals surface area contributed by atoms with Crippen LogP contribution in [0, 0.1) is 0 Å². The fraction of sp³-hybridized carbons (Fsp3) is 0.0833. The fourth-order valence-electron chi connectivity index (χ4n) is 1.45. The molecule has 0 saturated carbocycles. The van der Waals surface area contributed by atoms with Gasteiger partial charge >= 0.3 is 0 Å². The standard InChI is InChI=1S/C12H9BrCl2N2O2S/c13-10-4-2-1-3-8(10)6-17-20(18,19)9-5-11(14)12(15)16-7-9/h1-5,7,17H,6H2. The molecule has 0 aliphatic rings. The van der Waals surface area contributed by atoms with E-state index in [-0.39, 0.29) is 21.6 Å². The van der Waals surface area contributed by atoms with Gasteiger partial charge in [-0.2, -0.15) is 0 Å². The lowest BCUT2D eigenvalue weighted by atomic mass is 10.2. The molecule has 0 saturated heterocycles. The Bertz CT molecular complexity index is 738. The average Bonchev–Trinajstić information content (AvgIpc) is 2.41. The van der Waals surface area contributed by atoms with E-state index in [1.807, 2.05) is 24.3 Å². The number of hydrogen-bond acceptors (Lipinski definition) is 3. The van der Waals surface area contributed by atoms with Gasteiger partial charge in [-0.1, -0.05) is 57.3 Å². The predicted octanol–water partition coefficient (Wildman–Crippen LogP) is 3.63. The molecule has 0 aliphatic carbocycles. The Kier molecular flexibility index (Phi) is 5.04. The minimum Gasteiger partial charge on any atom is -0.242 e. The Hall–Kier alpha value is -0.660. The van der Waals surface area contributed by atoms with Gasteiger partial charge in [0.25, 0.3) is 0 Å². The Morgan fingerprint density at radius 3 is 2.60 bits per heavy atom. The summed E-state index contributed by atoms with van der Waals surface area (Å²) in [4.78, 5) is 3.69. The molecule has 0 aliphatic heterocycles. The molecule has 20 heavy (non-hydrogen) atoms. The molecule has 1 aromatic heterocycles. The van der Waals surface area contributed by atoms with Crippen molar-refractivity contribution in [2.75, 3.05) is 0 Å². The summed E-state index contributed by atoms with van der Waals surface area (Å²) in [7, 11) is -3.69. The maximum absolute atomic E-state index is 12.1. The van der Waals surface area contributed by atoms with Gasteiger partial charge in [-0.25, -0.2) is 18.1 Å². The van der Waals surface area contributed by atoms with E-state index in [0.29, 0.717) is 0 Å². The van der Waals surface area contributed by atoms with Crippen molar-refractivity contribution in [3.63, 3.8) is 0 Å². The maximum Gasteiger partial charge on any atom is 0.242 e. The smallest absolute Gasteiger partial charge is 0.242 e. The first-order chi connectivity index (χ1) is 9.40. The van der Waals surface area contributed by atoms with Crippen LogP contribution in [0.2, 0.25) is 10.2 Å². The first kappa shape index (κ1) is 15.7. The summed E-state index contributed by atoms with van der Waals surface area (Å²) < 4.78 is 27.5. The van der Waals surface area contributed by atoms with Crippen LogP contribution in [-0.2, 0) is 16.6 Å². The largest absolute Gasteiger partial charge is 0.242 e. The molecule has 2 rings (SSSR count). The van der Waals surface area contributed by atoms with Gasteiger partial charge in [0.2, 0.25) is 10.0 Å². The van der Waals surface area contributed by atoms with Crippen LogP contribution >= 0.6 is 39.1 Å². The third-order valence-electron chi connectivity index (χ3n) is 2.49. The molecule has 0 fully saturated rings. The van der Waals surface area contributed by atoms with Gasteiger partial charge in [-0.3, -0.25) is 0 Å². The highest BCUT2D eigenvalue weighted by Crippen LogP contribution is 2.22. The summed E-state index contributed by atoms with van der Waals surface area (Å²) in [6, 6.07) is 8.60. The SMILES string of the molecule is O=S(=O)(NCc1ccccc1Br)c1cnc(Cl)c(Cl)c1. The first-order valence-corrected chi connectivity index (χ1v) is 8.47. The summed E-state index contributed by atoms with van der Waals surface area (Å²) in [6.07, 6.45) is 1.16. The van der Waals surface area contributed by atoms with Crippen molar-refractivity contribution in [2.24, 2.45) is 0 Å². The van der Waals surface area contributed by atoms with Gasteiger partial charge < -0.3 is 0 Å². The molecule has 0 spiro atoms.